The number of aromatic amines is 1. The summed E-state index contributed by atoms with van der Waals surface area (Å²) in [7, 11) is 3.20. The molecule has 1 atom stereocenters. The van der Waals surface area contributed by atoms with Crippen LogP contribution in [0, 0.1) is 5.82 Å². The number of rotatable bonds is 5. The first kappa shape index (κ1) is 19.3. The van der Waals surface area contributed by atoms with E-state index in [4.69, 9.17) is 14.5 Å². The Balaban J connectivity index is 1.55. The third-order valence-electron chi connectivity index (χ3n) is 6.01. The number of halogens is 1. The molecule has 5 rings (SSSR count). The summed E-state index contributed by atoms with van der Waals surface area (Å²) < 4.78 is 26.0. The van der Waals surface area contributed by atoms with Gasteiger partial charge >= 0.3 is 0 Å². The number of H-pyrrole nitrogens is 1. The highest BCUT2D eigenvalue weighted by molar-refractivity contribution is 5.80. The predicted octanol–water partition coefficient (Wildman–Crippen LogP) is 3.82. The van der Waals surface area contributed by atoms with Crippen LogP contribution in [0.2, 0.25) is 0 Å². The Hall–Kier alpha value is -3.62. The zero-order valence-electron chi connectivity index (χ0n) is 17.6. The van der Waals surface area contributed by atoms with E-state index in [2.05, 4.69) is 27.0 Å². The van der Waals surface area contributed by atoms with Crippen molar-refractivity contribution in [3.05, 3.63) is 54.4 Å². The van der Waals surface area contributed by atoms with E-state index in [-0.39, 0.29) is 5.82 Å². The Kier molecular flexibility index (Phi) is 4.53. The lowest BCUT2D eigenvalue weighted by Gasteiger charge is -2.35. The van der Waals surface area contributed by atoms with Gasteiger partial charge in [-0.1, -0.05) is 0 Å². The molecule has 0 aliphatic carbocycles. The number of nitrogens with zero attached hydrogens (tertiary/aromatic N) is 5. The van der Waals surface area contributed by atoms with Crippen LogP contribution in [-0.4, -0.2) is 45.7 Å². The standard InChI is InChI=1S/C22H23FN6O2/c1-22(21-26-16-12-19(30-2)20(31-3)13-17(16)27-21)7-4-10-28(22)18-6-5-14(11-15(18)23)29-24-8-9-25-29/h5-6,8-9,11-13H,4,7,10H2,1-3H3,(H,26,27)/t22-/m0/s1. The molecule has 9 heteroatoms. The van der Waals surface area contributed by atoms with Crippen LogP contribution in [0.4, 0.5) is 10.1 Å². The van der Waals surface area contributed by atoms with Crippen LogP contribution in [0.25, 0.3) is 16.7 Å². The quantitative estimate of drug-likeness (QED) is 0.527. The average Bonchev–Trinajstić information content (AvgIpc) is 3.52. The Morgan fingerprint density at radius 3 is 2.52 bits per heavy atom. The van der Waals surface area contributed by atoms with Gasteiger partial charge in [0.15, 0.2) is 11.5 Å². The molecule has 0 spiro atoms. The van der Waals surface area contributed by atoms with Crippen LogP contribution >= 0.6 is 0 Å². The second-order valence-electron chi connectivity index (χ2n) is 7.79. The van der Waals surface area contributed by atoms with Crippen LogP contribution in [0.15, 0.2) is 42.7 Å². The molecule has 0 unspecified atom stereocenters. The van der Waals surface area contributed by atoms with Crippen LogP contribution in [0.1, 0.15) is 25.6 Å². The molecule has 31 heavy (non-hydrogen) atoms. The SMILES string of the molecule is COc1cc2nc([C@]3(C)CCCN3c3ccc(-n4nccn4)cc3F)[nH]c2cc1OC. The Labute approximate surface area is 178 Å². The van der Waals surface area contributed by atoms with Gasteiger partial charge < -0.3 is 19.4 Å². The molecule has 1 aliphatic rings. The topological polar surface area (TPSA) is 81.1 Å². The zero-order chi connectivity index (χ0) is 21.6. The minimum atomic E-state index is -0.480. The lowest BCUT2D eigenvalue weighted by Crippen LogP contribution is -2.40. The van der Waals surface area contributed by atoms with Crippen molar-refractivity contribution in [2.45, 2.75) is 25.3 Å². The van der Waals surface area contributed by atoms with Crippen molar-refractivity contribution in [2.75, 3.05) is 25.7 Å². The number of methoxy groups -OCH3 is 2. The average molecular weight is 422 g/mol. The highest BCUT2D eigenvalue weighted by atomic mass is 19.1. The van der Waals surface area contributed by atoms with Crippen molar-refractivity contribution in [1.82, 2.24) is 25.0 Å². The summed E-state index contributed by atoms with van der Waals surface area (Å²) in [6, 6.07) is 8.79. The van der Waals surface area contributed by atoms with Gasteiger partial charge in [-0.2, -0.15) is 15.0 Å². The summed E-state index contributed by atoms with van der Waals surface area (Å²) in [5.74, 6) is 1.72. The molecule has 160 valence electrons. The fourth-order valence-electron chi connectivity index (χ4n) is 4.38. The van der Waals surface area contributed by atoms with Gasteiger partial charge in [-0.15, -0.1) is 0 Å². The molecule has 0 radical (unpaired) electrons. The molecule has 2 aromatic carbocycles. The normalized spacial score (nSPS) is 18.6. The molecule has 1 fully saturated rings. The van der Waals surface area contributed by atoms with Crippen molar-refractivity contribution in [3.63, 3.8) is 0 Å². The summed E-state index contributed by atoms with van der Waals surface area (Å²) in [5.41, 5.74) is 2.26. The number of fused-ring (bicyclic) bond motifs is 1. The highest BCUT2D eigenvalue weighted by Gasteiger charge is 2.42. The summed E-state index contributed by atoms with van der Waals surface area (Å²) >= 11 is 0. The largest absolute Gasteiger partial charge is 0.493 e. The second kappa shape index (κ2) is 7.26. The first-order valence-corrected chi connectivity index (χ1v) is 10.1. The number of nitrogens with one attached hydrogen (secondary N) is 1. The number of hydrogen-bond donors (Lipinski definition) is 1. The molecule has 0 saturated carbocycles. The maximum atomic E-state index is 15.2. The lowest BCUT2D eigenvalue weighted by molar-refractivity contribution is 0.356. The zero-order valence-corrected chi connectivity index (χ0v) is 17.6. The van der Waals surface area contributed by atoms with Gasteiger partial charge in [-0.3, -0.25) is 0 Å². The Morgan fingerprint density at radius 2 is 1.81 bits per heavy atom. The van der Waals surface area contributed by atoms with E-state index in [0.717, 1.165) is 36.2 Å². The number of imidazole rings is 1. The van der Waals surface area contributed by atoms with Crippen molar-refractivity contribution in [1.29, 1.82) is 0 Å². The van der Waals surface area contributed by atoms with Crippen molar-refractivity contribution in [3.8, 4) is 17.2 Å². The van der Waals surface area contributed by atoms with E-state index in [0.29, 0.717) is 22.9 Å². The van der Waals surface area contributed by atoms with Crippen LogP contribution < -0.4 is 14.4 Å². The summed E-state index contributed by atoms with van der Waals surface area (Å²) in [6.07, 6.45) is 4.91. The van der Waals surface area contributed by atoms with Gasteiger partial charge in [0.25, 0.3) is 0 Å². The number of ether oxygens (including phenoxy) is 2. The first-order valence-electron chi connectivity index (χ1n) is 10.1. The van der Waals surface area contributed by atoms with Gasteiger partial charge in [-0.05, 0) is 31.9 Å². The Bertz CT molecular complexity index is 1200. The van der Waals surface area contributed by atoms with Gasteiger partial charge in [0, 0.05) is 24.7 Å². The molecule has 2 aromatic heterocycles. The van der Waals surface area contributed by atoms with Gasteiger partial charge in [0.05, 0.1) is 54.6 Å². The third-order valence-corrected chi connectivity index (χ3v) is 6.01. The molecule has 1 N–H and O–H groups in total. The van der Waals surface area contributed by atoms with E-state index in [1.165, 1.54) is 10.9 Å². The first-order chi connectivity index (χ1) is 15.0. The second-order valence-corrected chi connectivity index (χ2v) is 7.79. The third kappa shape index (κ3) is 3.08. The van der Waals surface area contributed by atoms with Crippen molar-refractivity contribution >= 4 is 16.7 Å². The predicted molar refractivity (Wildman–Crippen MR) is 114 cm³/mol. The summed E-state index contributed by atoms with van der Waals surface area (Å²) in [5, 5.41) is 8.15. The van der Waals surface area contributed by atoms with Crippen LogP contribution in [0.5, 0.6) is 11.5 Å². The van der Waals surface area contributed by atoms with E-state index < -0.39 is 5.54 Å². The number of aromatic nitrogens is 5. The fraction of sp³-hybridized carbons (Fsp3) is 0.318. The molecule has 0 amide bonds. The molecule has 1 aliphatic heterocycles. The fourth-order valence-corrected chi connectivity index (χ4v) is 4.38. The minimum absolute atomic E-state index is 0.317. The smallest absolute Gasteiger partial charge is 0.163 e. The molecule has 0 bridgehead atoms. The molecule has 8 nitrogen and oxygen atoms in total. The summed E-state index contributed by atoms with van der Waals surface area (Å²) in [4.78, 5) is 11.7. The maximum Gasteiger partial charge on any atom is 0.163 e. The number of hydrogen-bond acceptors (Lipinski definition) is 6. The molecule has 3 heterocycles. The number of anilines is 1. The highest BCUT2D eigenvalue weighted by Crippen LogP contribution is 2.43. The van der Waals surface area contributed by atoms with Gasteiger partial charge in [-0.25, -0.2) is 9.37 Å². The van der Waals surface area contributed by atoms with E-state index in [1.54, 1.807) is 32.7 Å². The van der Waals surface area contributed by atoms with Crippen LogP contribution in [-0.2, 0) is 5.54 Å². The van der Waals surface area contributed by atoms with Crippen molar-refractivity contribution < 1.29 is 13.9 Å². The van der Waals surface area contributed by atoms with Gasteiger partial charge in [0.2, 0.25) is 0 Å². The monoisotopic (exact) mass is 422 g/mol. The number of benzene rings is 2. The van der Waals surface area contributed by atoms with Gasteiger partial charge in [0.1, 0.15) is 11.6 Å². The molecular weight excluding hydrogens is 399 g/mol. The van der Waals surface area contributed by atoms with Crippen molar-refractivity contribution in [2.24, 2.45) is 0 Å². The lowest BCUT2D eigenvalue weighted by atomic mass is 9.97. The molecular formula is C22H23FN6O2. The van der Waals surface area contributed by atoms with E-state index in [9.17, 15) is 0 Å². The molecule has 1 saturated heterocycles. The van der Waals surface area contributed by atoms with E-state index in [1.807, 2.05) is 18.2 Å². The Morgan fingerprint density at radius 1 is 1.06 bits per heavy atom. The maximum absolute atomic E-state index is 15.2. The minimum Gasteiger partial charge on any atom is -0.493 e. The summed E-state index contributed by atoms with van der Waals surface area (Å²) in [6.45, 7) is 2.82. The molecule has 4 aromatic rings. The van der Waals surface area contributed by atoms with Crippen LogP contribution in [0.3, 0.4) is 0 Å². The van der Waals surface area contributed by atoms with E-state index >= 15 is 4.39 Å².